The first-order valence-corrected chi connectivity index (χ1v) is 9.07. The van der Waals surface area contributed by atoms with E-state index in [1.54, 1.807) is 6.92 Å². The second-order valence-electron chi connectivity index (χ2n) is 7.72. The van der Waals surface area contributed by atoms with Gasteiger partial charge in [0, 0.05) is 48.9 Å². The third-order valence-electron chi connectivity index (χ3n) is 6.20. The summed E-state index contributed by atoms with van der Waals surface area (Å²) in [5, 5.41) is 1.37. The molecule has 0 amide bonds. The van der Waals surface area contributed by atoms with Crippen LogP contribution in [0.25, 0.3) is 10.9 Å². The Morgan fingerprint density at radius 1 is 1.42 bits per heavy atom. The number of piperidine rings is 1. The minimum Gasteiger partial charge on any atom is -0.350 e. The van der Waals surface area contributed by atoms with Crippen LogP contribution < -0.4 is 5.73 Å². The minimum absolute atomic E-state index is 0.0961. The lowest BCUT2D eigenvalue weighted by atomic mass is 9.68. The summed E-state index contributed by atoms with van der Waals surface area (Å²) >= 11 is 0. The summed E-state index contributed by atoms with van der Waals surface area (Å²) in [6.45, 7) is 5.67. The second-order valence-corrected chi connectivity index (χ2v) is 7.72. The van der Waals surface area contributed by atoms with Crippen molar-refractivity contribution in [3.8, 4) is 0 Å². The number of carbonyl (C=O) groups is 1. The fraction of sp³-hybridized carbons (Fsp3) is 0.550. The van der Waals surface area contributed by atoms with Gasteiger partial charge in [-0.3, -0.25) is 9.69 Å². The number of aryl methyl sites for hydroxylation is 1. The van der Waals surface area contributed by atoms with E-state index in [9.17, 15) is 4.79 Å². The number of carbonyl (C=O) groups excluding carboxylic acids is 1. The summed E-state index contributed by atoms with van der Waals surface area (Å²) in [6, 6.07) is 6.54. The van der Waals surface area contributed by atoms with E-state index >= 15 is 0 Å². The van der Waals surface area contributed by atoms with Crippen LogP contribution >= 0.6 is 0 Å². The number of rotatable bonds is 3. The molecule has 4 nitrogen and oxygen atoms in total. The molecule has 2 heterocycles. The number of hydrogen-bond donors (Lipinski definition) is 1. The van der Waals surface area contributed by atoms with E-state index in [0.29, 0.717) is 5.78 Å². The van der Waals surface area contributed by atoms with E-state index in [1.807, 2.05) is 0 Å². The number of Topliss-reactive ketones (excluding diaryl/α,β-unsaturated/α-hetero) is 1. The molecule has 4 rings (SSSR count). The first-order chi connectivity index (χ1) is 11.5. The fourth-order valence-electron chi connectivity index (χ4n) is 5.01. The minimum atomic E-state index is -0.370. The maximum absolute atomic E-state index is 12.1. The normalized spacial score (nSPS) is 29.7. The Morgan fingerprint density at radius 3 is 2.92 bits per heavy atom. The highest BCUT2D eigenvalue weighted by molar-refractivity contribution is 5.89. The fourth-order valence-corrected chi connectivity index (χ4v) is 5.01. The molecule has 1 aliphatic carbocycles. The van der Waals surface area contributed by atoms with Crippen molar-refractivity contribution in [1.29, 1.82) is 0 Å². The Bertz CT molecular complexity index is 809. The number of aromatic nitrogens is 1. The van der Waals surface area contributed by atoms with Gasteiger partial charge in [-0.05, 0) is 43.5 Å². The van der Waals surface area contributed by atoms with Crippen molar-refractivity contribution < 1.29 is 4.79 Å². The van der Waals surface area contributed by atoms with Gasteiger partial charge < -0.3 is 10.3 Å². The van der Waals surface area contributed by atoms with Gasteiger partial charge in [0.1, 0.15) is 5.78 Å². The van der Waals surface area contributed by atoms with Crippen molar-refractivity contribution in [2.45, 2.75) is 44.7 Å². The molecule has 2 N–H and O–H groups in total. The third kappa shape index (κ3) is 2.09. The van der Waals surface area contributed by atoms with Crippen molar-refractivity contribution in [1.82, 2.24) is 9.47 Å². The molecule has 1 aromatic heterocycles. The van der Waals surface area contributed by atoms with E-state index < -0.39 is 0 Å². The number of fused-ring (bicyclic) bond motifs is 2. The highest BCUT2D eigenvalue weighted by atomic mass is 16.1. The monoisotopic (exact) mass is 325 g/mol. The van der Waals surface area contributed by atoms with E-state index in [1.165, 1.54) is 22.0 Å². The average molecular weight is 325 g/mol. The molecule has 3 atom stereocenters. The number of ketones is 1. The summed E-state index contributed by atoms with van der Waals surface area (Å²) in [7, 11) is 2.11. The molecule has 1 aromatic carbocycles. The van der Waals surface area contributed by atoms with Crippen LogP contribution in [-0.4, -0.2) is 34.0 Å². The lowest BCUT2D eigenvalue weighted by molar-refractivity contribution is -0.125. The molecule has 0 spiro atoms. The maximum Gasteiger partial charge on any atom is 0.134 e. The maximum atomic E-state index is 12.1. The number of hydrogen-bond acceptors (Lipinski definition) is 3. The standard InChI is InChI=1S/C20H27N3O/c1-4-8-23-12-14(13(2)24)9-17-16-6-5-7-18-19(16)15(11-22(18)3)10-20(17,23)21/h5-7,11,14,17H,4,8-10,12,21H2,1-3H3/t14-,17-,20-/m1/s1. The van der Waals surface area contributed by atoms with Gasteiger partial charge >= 0.3 is 0 Å². The molecule has 0 unspecified atom stereocenters. The zero-order valence-corrected chi connectivity index (χ0v) is 14.9. The van der Waals surface area contributed by atoms with Gasteiger partial charge in [-0.15, -0.1) is 0 Å². The largest absolute Gasteiger partial charge is 0.350 e. The van der Waals surface area contributed by atoms with Crippen molar-refractivity contribution in [2.75, 3.05) is 13.1 Å². The predicted molar refractivity (Wildman–Crippen MR) is 96.9 cm³/mol. The Morgan fingerprint density at radius 2 is 2.21 bits per heavy atom. The van der Waals surface area contributed by atoms with Gasteiger partial charge in [-0.25, -0.2) is 0 Å². The molecule has 24 heavy (non-hydrogen) atoms. The van der Waals surface area contributed by atoms with Crippen molar-refractivity contribution in [2.24, 2.45) is 18.7 Å². The first kappa shape index (κ1) is 15.9. The molecule has 2 aliphatic rings. The Hall–Kier alpha value is -1.65. The molecule has 0 radical (unpaired) electrons. The number of likely N-dealkylation sites (tertiary alicyclic amines) is 1. The first-order valence-electron chi connectivity index (χ1n) is 9.07. The van der Waals surface area contributed by atoms with Crippen LogP contribution in [0.3, 0.4) is 0 Å². The van der Waals surface area contributed by atoms with E-state index in [4.69, 9.17) is 5.73 Å². The van der Waals surface area contributed by atoms with E-state index in [-0.39, 0.29) is 17.5 Å². The van der Waals surface area contributed by atoms with Crippen molar-refractivity contribution >= 4 is 16.7 Å². The summed E-state index contributed by atoms with van der Waals surface area (Å²) in [4.78, 5) is 14.5. The lowest BCUT2D eigenvalue weighted by Gasteiger charge is -2.54. The molecule has 2 aromatic rings. The molecular weight excluding hydrogens is 298 g/mol. The smallest absolute Gasteiger partial charge is 0.134 e. The highest BCUT2D eigenvalue weighted by Gasteiger charge is 2.50. The SMILES string of the molecule is CCCN1C[C@H](C(C)=O)C[C@@H]2c3cccc4c3c(cn4C)C[C@]21N. The summed E-state index contributed by atoms with van der Waals surface area (Å²) < 4.78 is 2.21. The number of nitrogens with two attached hydrogens (primary N) is 1. The van der Waals surface area contributed by atoms with Gasteiger partial charge in [-0.1, -0.05) is 19.1 Å². The molecule has 0 saturated carbocycles. The zero-order valence-electron chi connectivity index (χ0n) is 14.9. The molecule has 1 aliphatic heterocycles. The molecule has 0 bridgehead atoms. The molecule has 128 valence electrons. The Kier molecular flexibility index (Phi) is 3.59. The topological polar surface area (TPSA) is 51.3 Å². The van der Waals surface area contributed by atoms with Crippen molar-refractivity contribution in [3.05, 3.63) is 35.5 Å². The van der Waals surface area contributed by atoms with Gasteiger partial charge in [0.05, 0.1) is 5.66 Å². The molecule has 4 heteroatoms. The molecular formula is C20H27N3O. The van der Waals surface area contributed by atoms with Gasteiger partial charge in [-0.2, -0.15) is 0 Å². The summed E-state index contributed by atoms with van der Waals surface area (Å²) in [5.41, 5.74) is 10.7. The Balaban J connectivity index is 1.89. The van der Waals surface area contributed by atoms with Crippen LogP contribution in [-0.2, 0) is 18.3 Å². The van der Waals surface area contributed by atoms with Crippen LogP contribution in [0.2, 0.25) is 0 Å². The lowest BCUT2D eigenvalue weighted by Crippen LogP contribution is -2.66. The van der Waals surface area contributed by atoms with Gasteiger partial charge in [0.15, 0.2) is 0 Å². The zero-order chi connectivity index (χ0) is 17.1. The van der Waals surface area contributed by atoms with Crippen LogP contribution in [0.5, 0.6) is 0 Å². The van der Waals surface area contributed by atoms with Crippen LogP contribution in [0.1, 0.15) is 43.7 Å². The highest BCUT2D eigenvalue weighted by Crippen LogP contribution is 2.49. The van der Waals surface area contributed by atoms with Crippen LogP contribution in [0.15, 0.2) is 24.4 Å². The quantitative estimate of drug-likeness (QED) is 0.944. The number of nitrogens with zero attached hydrogens (tertiary/aromatic N) is 2. The number of benzene rings is 1. The predicted octanol–water partition coefficient (Wildman–Crippen LogP) is 2.79. The van der Waals surface area contributed by atoms with Crippen molar-refractivity contribution in [3.63, 3.8) is 0 Å². The average Bonchev–Trinajstić information content (AvgIpc) is 2.85. The van der Waals surface area contributed by atoms with E-state index in [0.717, 1.165) is 32.4 Å². The second kappa shape index (κ2) is 5.43. The summed E-state index contributed by atoms with van der Waals surface area (Å²) in [5.74, 6) is 0.619. The molecule has 1 fully saturated rings. The molecule has 1 saturated heterocycles. The van der Waals surface area contributed by atoms with E-state index in [2.05, 4.69) is 47.8 Å². The Labute approximate surface area is 143 Å². The van der Waals surface area contributed by atoms with Crippen LogP contribution in [0.4, 0.5) is 0 Å². The van der Waals surface area contributed by atoms with Crippen LogP contribution in [0, 0.1) is 5.92 Å². The summed E-state index contributed by atoms with van der Waals surface area (Å²) in [6.07, 6.45) is 5.04. The van der Waals surface area contributed by atoms with Gasteiger partial charge in [0.25, 0.3) is 0 Å². The van der Waals surface area contributed by atoms with Gasteiger partial charge in [0.2, 0.25) is 0 Å². The third-order valence-corrected chi connectivity index (χ3v) is 6.20.